The van der Waals surface area contributed by atoms with Crippen molar-refractivity contribution < 1.29 is 13.9 Å². The van der Waals surface area contributed by atoms with Gasteiger partial charge in [0.05, 0.1) is 17.7 Å². The lowest BCUT2D eigenvalue weighted by molar-refractivity contribution is 0.273. The van der Waals surface area contributed by atoms with Gasteiger partial charge in [-0.3, -0.25) is 0 Å². The highest BCUT2D eigenvalue weighted by Gasteiger charge is 2.25. The van der Waals surface area contributed by atoms with Crippen LogP contribution in [-0.2, 0) is 5.54 Å². The first-order valence-corrected chi connectivity index (χ1v) is 6.69. The van der Waals surface area contributed by atoms with Crippen LogP contribution < -0.4 is 15.2 Å². The molecule has 102 valence electrons. The van der Waals surface area contributed by atoms with Gasteiger partial charge >= 0.3 is 0 Å². The Balaban J connectivity index is 3.43. The molecule has 0 saturated carbocycles. The van der Waals surface area contributed by atoms with Gasteiger partial charge in [-0.2, -0.15) is 0 Å². The molecule has 0 aliphatic carbocycles. The van der Waals surface area contributed by atoms with Crippen molar-refractivity contribution in [3.63, 3.8) is 0 Å². The maximum absolute atomic E-state index is 14.3. The number of hydrogen-bond donors (Lipinski definition) is 1. The topological polar surface area (TPSA) is 44.5 Å². The Labute approximate surface area is 116 Å². The van der Waals surface area contributed by atoms with E-state index in [1.807, 2.05) is 20.8 Å². The minimum absolute atomic E-state index is 0.124. The molecule has 0 aromatic heterocycles. The fourth-order valence-corrected chi connectivity index (χ4v) is 2.40. The molecule has 3 nitrogen and oxygen atoms in total. The highest BCUT2D eigenvalue weighted by atomic mass is 79.9. The summed E-state index contributed by atoms with van der Waals surface area (Å²) in [5, 5.41) is 0. The molecular formula is C13H19BrFNO2. The molecule has 0 radical (unpaired) electrons. The SMILES string of the molecule is CCOc1cc(C(C)(C)N)c(Br)c(F)c1OCC. The van der Waals surface area contributed by atoms with E-state index < -0.39 is 11.4 Å². The Kier molecular flexibility index (Phi) is 4.99. The fraction of sp³-hybridized carbons (Fsp3) is 0.538. The van der Waals surface area contributed by atoms with Crippen LogP contribution in [0, 0.1) is 5.82 Å². The summed E-state index contributed by atoms with van der Waals surface area (Å²) in [5.74, 6) is 0.0316. The number of nitrogens with two attached hydrogens (primary N) is 1. The number of halogens is 2. The monoisotopic (exact) mass is 319 g/mol. The van der Waals surface area contributed by atoms with Gasteiger partial charge in [-0.25, -0.2) is 4.39 Å². The van der Waals surface area contributed by atoms with E-state index in [-0.39, 0.29) is 5.75 Å². The molecule has 18 heavy (non-hydrogen) atoms. The van der Waals surface area contributed by atoms with Crippen LogP contribution in [0.4, 0.5) is 4.39 Å². The summed E-state index contributed by atoms with van der Waals surface area (Å²) in [7, 11) is 0. The first-order chi connectivity index (χ1) is 8.32. The molecule has 0 spiro atoms. The van der Waals surface area contributed by atoms with Gasteiger partial charge in [-0.15, -0.1) is 0 Å². The highest BCUT2D eigenvalue weighted by molar-refractivity contribution is 9.10. The Morgan fingerprint density at radius 1 is 1.28 bits per heavy atom. The van der Waals surface area contributed by atoms with Crippen molar-refractivity contribution in [3.8, 4) is 11.5 Å². The van der Waals surface area contributed by atoms with Crippen LogP contribution in [0.25, 0.3) is 0 Å². The van der Waals surface area contributed by atoms with E-state index in [1.54, 1.807) is 13.0 Å². The summed E-state index contributed by atoms with van der Waals surface area (Å²) in [4.78, 5) is 0. The average molecular weight is 320 g/mol. The van der Waals surface area contributed by atoms with Crippen molar-refractivity contribution in [2.24, 2.45) is 5.73 Å². The lowest BCUT2D eigenvalue weighted by Crippen LogP contribution is -2.29. The molecule has 5 heteroatoms. The average Bonchev–Trinajstić information content (AvgIpc) is 2.27. The molecule has 2 N–H and O–H groups in total. The van der Waals surface area contributed by atoms with E-state index in [0.717, 1.165) is 0 Å². The number of hydrogen-bond acceptors (Lipinski definition) is 3. The third-order valence-electron chi connectivity index (χ3n) is 2.41. The summed E-state index contributed by atoms with van der Waals surface area (Å²) in [6.45, 7) is 8.05. The minimum atomic E-state index is -0.670. The first-order valence-electron chi connectivity index (χ1n) is 5.89. The van der Waals surface area contributed by atoms with E-state index in [1.165, 1.54) is 0 Å². The molecule has 1 aromatic carbocycles. The predicted molar refractivity (Wildman–Crippen MR) is 73.7 cm³/mol. The highest BCUT2D eigenvalue weighted by Crippen LogP contribution is 2.40. The van der Waals surface area contributed by atoms with Crippen LogP contribution in [0.1, 0.15) is 33.3 Å². The van der Waals surface area contributed by atoms with E-state index in [0.29, 0.717) is 29.0 Å². The lowest BCUT2D eigenvalue weighted by atomic mass is 9.95. The van der Waals surface area contributed by atoms with Crippen molar-refractivity contribution in [3.05, 3.63) is 21.9 Å². The standard InChI is InChI=1S/C13H19BrFNO2/c1-5-17-9-7-8(13(3,4)16)10(14)11(15)12(9)18-6-2/h7H,5-6,16H2,1-4H3. The summed E-state index contributed by atoms with van der Waals surface area (Å²) < 4.78 is 25.3. The molecule has 1 rings (SSSR count). The molecule has 0 atom stereocenters. The zero-order valence-corrected chi connectivity index (χ0v) is 12.7. The zero-order chi connectivity index (χ0) is 13.9. The molecule has 0 aliphatic rings. The normalized spacial score (nSPS) is 11.5. The first kappa shape index (κ1) is 15.2. The van der Waals surface area contributed by atoms with Crippen LogP contribution in [0.3, 0.4) is 0 Å². The van der Waals surface area contributed by atoms with E-state index in [9.17, 15) is 4.39 Å². The Bertz CT molecular complexity index is 430. The molecule has 0 unspecified atom stereocenters. The van der Waals surface area contributed by atoms with Crippen molar-refractivity contribution in [2.75, 3.05) is 13.2 Å². The molecule has 0 amide bonds. The van der Waals surface area contributed by atoms with E-state index >= 15 is 0 Å². The smallest absolute Gasteiger partial charge is 0.198 e. The minimum Gasteiger partial charge on any atom is -0.490 e. The Morgan fingerprint density at radius 3 is 2.28 bits per heavy atom. The quantitative estimate of drug-likeness (QED) is 0.902. The molecule has 0 heterocycles. The zero-order valence-electron chi connectivity index (χ0n) is 11.1. The molecular weight excluding hydrogens is 301 g/mol. The van der Waals surface area contributed by atoms with Gasteiger partial charge in [0.2, 0.25) is 0 Å². The maximum Gasteiger partial charge on any atom is 0.198 e. The van der Waals surface area contributed by atoms with Gasteiger partial charge in [-0.1, -0.05) is 0 Å². The van der Waals surface area contributed by atoms with Crippen LogP contribution >= 0.6 is 15.9 Å². The predicted octanol–water partition coefficient (Wildman–Crippen LogP) is 3.58. The van der Waals surface area contributed by atoms with Gasteiger partial charge in [-0.05, 0) is 55.3 Å². The summed E-state index contributed by atoms with van der Waals surface area (Å²) in [5.41, 5.74) is 6.00. The Hall–Kier alpha value is -0.810. The number of ether oxygens (including phenoxy) is 2. The molecule has 0 fully saturated rings. The van der Waals surface area contributed by atoms with Crippen LogP contribution in [0.2, 0.25) is 0 Å². The second-order valence-corrected chi connectivity index (χ2v) is 5.26. The summed E-state index contributed by atoms with van der Waals surface area (Å²) >= 11 is 3.23. The van der Waals surface area contributed by atoms with E-state index in [2.05, 4.69) is 15.9 Å². The van der Waals surface area contributed by atoms with Crippen molar-refractivity contribution in [1.82, 2.24) is 0 Å². The third kappa shape index (κ3) is 3.14. The van der Waals surface area contributed by atoms with Gasteiger partial charge < -0.3 is 15.2 Å². The van der Waals surface area contributed by atoms with E-state index in [4.69, 9.17) is 15.2 Å². The largest absolute Gasteiger partial charge is 0.490 e. The van der Waals surface area contributed by atoms with Crippen LogP contribution in [0.5, 0.6) is 11.5 Å². The third-order valence-corrected chi connectivity index (χ3v) is 3.19. The van der Waals surface area contributed by atoms with Crippen molar-refractivity contribution >= 4 is 15.9 Å². The van der Waals surface area contributed by atoms with Crippen molar-refractivity contribution in [2.45, 2.75) is 33.2 Å². The summed E-state index contributed by atoms with van der Waals surface area (Å²) in [6.07, 6.45) is 0. The lowest BCUT2D eigenvalue weighted by Gasteiger charge is -2.23. The molecule has 0 aliphatic heterocycles. The maximum atomic E-state index is 14.3. The molecule has 0 bridgehead atoms. The Morgan fingerprint density at radius 2 is 1.83 bits per heavy atom. The molecule has 0 saturated heterocycles. The number of benzene rings is 1. The van der Waals surface area contributed by atoms with Crippen LogP contribution in [0.15, 0.2) is 10.5 Å². The van der Waals surface area contributed by atoms with Crippen LogP contribution in [-0.4, -0.2) is 13.2 Å². The van der Waals surface area contributed by atoms with Gasteiger partial charge in [0.25, 0.3) is 0 Å². The van der Waals surface area contributed by atoms with Gasteiger partial charge in [0.1, 0.15) is 0 Å². The second kappa shape index (κ2) is 5.89. The fourth-order valence-electron chi connectivity index (χ4n) is 1.60. The second-order valence-electron chi connectivity index (χ2n) is 4.47. The van der Waals surface area contributed by atoms with Crippen molar-refractivity contribution in [1.29, 1.82) is 0 Å². The summed E-state index contributed by atoms with van der Waals surface area (Å²) in [6, 6.07) is 1.72. The molecule has 1 aromatic rings. The van der Waals surface area contributed by atoms with Gasteiger partial charge in [0, 0.05) is 5.54 Å². The number of rotatable bonds is 5. The van der Waals surface area contributed by atoms with Gasteiger partial charge in [0.15, 0.2) is 17.3 Å².